The van der Waals surface area contributed by atoms with Crippen LogP contribution in [0.1, 0.15) is 23.9 Å². The molecule has 0 spiro atoms. The molecule has 0 fully saturated rings. The van der Waals surface area contributed by atoms with Crippen LogP contribution in [0.2, 0.25) is 0 Å². The van der Waals surface area contributed by atoms with Gasteiger partial charge in [0.2, 0.25) is 0 Å². The number of hydrogen-bond donors (Lipinski definition) is 2. The summed E-state index contributed by atoms with van der Waals surface area (Å²) in [5, 5.41) is 9.32. The van der Waals surface area contributed by atoms with Gasteiger partial charge in [0.15, 0.2) is 11.6 Å². The van der Waals surface area contributed by atoms with E-state index in [-0.39, 0.29) is 31.0 Å². The van der Waals surface area contributed by atoms with Crippen molar-refractivity contribution in [1.82, 2.24) is 15.8 Å². The quantitative estimate of drug-likeness (QED) is 0.751. The van der Waals surface area contributed by atoms with E-state index in [0.717, 1.165) is 29.2 Å². The molecule has 1 unspecified atom stereocenters. The Kier molecular flexibility index (Phi) is 6.32. The molecule has 0 aliphatic rings. The first-order valence-electron chi connectivity index (χ1n) is 7.90. The second-order valence-electron chi connectivity index (χ2n) is 5.73. The van der Waals surface area contributed by atoms with Gasteiger partial charge in [-0.25, -0.2) is 13.6 Å². The summed E-state index contributed by atoms with van der Waals surface area (Å²) in [4.78, 5) is 11.8. The van der Waals surface area contributed by atoms with Crippen LogP contribution >= 0.6 is 0 Å². The molecule has 8 heteroatoms. The Morgan fingerprint density at radius 1 is 1.32 bits per heavy atom. The Morgan fingerprint density at radius 3 is 2.72 bits per heavy atom. The molecular weight excluding hydrogens is 332 g/mol. The van der Waals surface area contributed by atoms with Gasteiger partial charge in [-0.05, 0) is 39.3 Å². The topological polar surface area (TPSA) is 76.4 Å². The van der Waals surface area contributed by atoms with Gasteiger partial charge in [0, 0.05) is 17.7 Å². The minimum absolute atomic E-state index is 0.107. The van der Waals surface area contributed by atoms with Crippen molar-refractivity contribution in [2.75, 3.05) is 13.2 Å². The van der Waals surface area contributed by atoms with E-state index in [1.807, 2.05) is 20.8 Å². The third-order valence-corrected chi connectivity index (χ3v) is 3.62. The van der Waals surface area contributed by atoms with E-state index < -0.39 is 11.6 Å². The molecule has 0 saturated carbocycles. The highest BCUT2D eigenvalue weighted by Gasteiger charge is 2.14. The van der Waals surface area contributed by atoms with Gasteiger partial charge in [0.05, 0.1) is 12.2 Å². The van der Waals surface area contributed by atoms with Gasteiger partial charge in [-0.2, -0.15) is 0 Å². The fourth-order valence-corrected chi connectivity index (χ4v) is 2.33. The number of aryl methyl sites for hydroxylation is 2. The number of ether oxygens (including phenoxy) is 1. The summed E-state index contributed by atoms with van der Waals surface area (Å²) < 4.78 is 36.2. The molecule has 0 bridgehead atoms. The molecule has 0 saturated heterocycles. The van der Waals surface area contributed by atoms with Crippen LogP contribution in [0.15, 0.2) is 22.7 Å². The van der Waals surface area contributed by atoms with E-state index in [2.05, 4.69) is 15.8 Å². The van der Waals surface area contributed by atoms with Crippen molar-refractivity contribution >= 4 is 6.03 Å². The first kappa shape index (κ1) is 18.7. The smallest absolute Gasteiger partial charge is 0.315 e. The third kappa shape index (κ3) is 5.44. The predicted molar refractivity (Wildman–Crippen MR) is 87.5 cm³/mol. The predicted octanol–water partition coefficient (Wildman–Crippen LogP) is 2.88. The molecule has 2 N–H and O–H groups in total. The molecule has 25 heavy (non-hydrogen) atoms. The van der Waals surface area contributed by atoms with Gasteiger partial charge in [-0.1, -0.05) is 5.16 Å². The summed E-state index contributed by atoms with van der Waals surface area (Å²) in [5.74, 6) is -0.965. The van der Waals surface area contributed by atoms with E-state index >= 15 is 0 Å². The van der Waals surface area contributed by atoms with Crippen molar-refractivity contribution in [3.8, 4) is 5.75 Å². The molecule has 2 amide bonds. The number of hydrogen-bond acceptors (Lipinski definition) is 4. The summed E-state index contributed by atoms with van der Waals surface area (Å²) in [6.45, 7) is 5.93. The van der Waals surface area contributed by atoms with Crippen molar-refractivity contribution in [2.45, 2.75) is 33.2 Å². The zero-order valence-electron chi connectivity index (χ0n) is 14.4. The van der Waals surface area contributed by atoms with Crippen LogP contribution < -0.4 is 15.4 Å². The van der Waals surface area contributed by atoms with Crippen molar-refractivity contribution in [3.63, 3.8) is 0 Å². The number of amides is 2. The van der Waals surface area contributed by atoms with E-state index in [0.29, 0.717) is 6.42 Å². The Morgan fingerprint density at radius 2 is 2.08 bits per heavy atom. The van der Waals surface area contributed by atoms with Crippen LogP contribution in [0.3, 0.4) is 0 Å². The summed E-state index contributed by atoms with van der Waals surface area (Å²) >= 11 is 0. The lowest BCUT2D eigenvalue weighted by atomic mass is 10.1. The molecule has 1 heterocycles. The second kappa shape index (κ2) is 8.46. The summed E-state index contributed by atoms with van der Waals surface area (Å²) in [7, 11) is 0. The number of rotatable bonds is 7. The summed E-state index contributed by atoms with van der Waals surface area (Å²) in [6, 6.07) is 2.82. The van der Waals surface area contributed by atoms with Crippen molar-refractivity contribution < 1.29 is 22.8 Å². The van der Waals surface area contributed by atoms with Crippen LogP contribution in [0.25, 0.3) is 0 Å². The Bertz CT molecular complexity index is 714. The monoisotopic (exact) mass is 353 g/mol. The highest BCUT2D eigenvalue weighted by atomic mass is 19.2. The first-order chi connectivity index (χ1) is 11.9. The van der Waals surface area contributed by atoms with Gasteiger partial charge >= 0.3 is 6.03 Å². The van der Waals surface area contributed by atoms with Gasteiger partial charge in [-0.3, -0.25) is 0 Å². The maximum absolute atomic E-state index is 13.0. The Labute approximate surface area is 144 Å². The minimum atomic E-state index is -0.976. The fraction of sp³-hybridized carbons (Fsp3) is 0.412. The molecule has 2 rings (SSSR count). The lowest BCUT2D eigenvalue weighted by molar-refractivity contribution is 0.233. The summed E-state index contributed by atoms with van der Waals surface area (Å²) in [6.07, 6.45) is 0.611. The molecule has 1 atom stereocenters. The number of carbonyl (C=O) groups excluding carboxylic acids is 1. The lowest BCUT2D eigenvalue weighted by Crippen LogP contribution is -2.43. The molecular formula is C17H21F2N3O3. The van der Waals surface area contributed by atoms with E-state index in [4.69, 9.17) is 9.26 Å². The molecule has 0 radical (unpaired) electrons. The van der Waals surface area contributed by atoms with Gasteiger partial charge in [0.1, 0.15) is 18.1 Å². The maximum Gasteiger partial charge on any atom is 0.315 e. The second-order valence-corrected chi connectivity index (χ2v) is 5.73. The summed E-state index contributed by atoms with van der Waals surface area (Å²) in [5.41, 5.74) is 1.79. The van der Waals surface area contributed by atoms with Crippen LogP contribution in [0.4, 0.5) is 13.6 Å². The molecule has 0 aliphatic heterocycles. The number of benzene rings is 1. The zero-order chi connectivity index (χ0) is 18.4. The zero-order valence-corrected chi connectivity index (χ0v) is 14.4. The van der Waals surface area contributed by atoms with Gasteiger partial charge in [0.25, 0.3) is 0 Å². The lowest BCUT2D eigenvalue weighted by Gasteiger charge is -2.15. The van der Waals surface area contributed by atoms with Crippen LogP contribution in [0, 0.1) is 25.5 Å². The molecule has 1 aromatic heterocycles. The first-order valence-corrected chi connectivity index (χ1v) is 7.90. The van der Waals surface area contributed by atoms with E-state index in [1.165, 1.54) is 6.07 Å². The Balaban J connectivity index is 1.69. The molecule has 0 aliphatic carbocycles. The highest BCUT2D eigenvalue weighted by molar-refractivity contribution is 5.74. The van der Waals surface area contributed by atoms with E-state index in [9.17, 15) is 13.6 Å². The van der Waals surface area contributed by atoms with Gasteiger partial charge in [-0.15, -0.1) is 0 Å². The molecule has 136 valence electrons. The van der Waals surface area contributed by atoms with Gasteiger partial charge < -0.3 is 19.9 Å². The number of nitrogens with zero attached hydrogens (tertiary/aromatic N) is 1. The van der Waals surface area contributed by atoms with Crippen molar-refractivity contribution in [3.05, 3.63) is 46.9 Å². The van der Waals surface area contributed by atoms with Crippen LogP contribution in [0.5, 0.6) is 5.75 Å². The molecule has 2 aromatic rings. The number of urea groups is 1. The normalized spacial score (nSPS) is 11.9. The maximum atomic E-state index is 13.0. The largest absolute Gasteiger partial charge is 0.492 e. The number of aromatic nitrogens is 1. The van der Waals surface area contributed by atoms with Crippen LogP contribution in [-0.2, 0) is 6.42 Å². The number of nitrogens with one attached hydrogen (secondary N) is 2. The average Bonchev–Trinajstić information content (AvgIpc) is 2.86. The molecule has 1 aromatic carbocycles. The number of carbonyl (C=O) groups is 1. The Hall–Kier alpha value is -2.64. The van der Waals surface area contributed by atoms with E-state index in [1.54, 1.807) is 0 Å². The minimum Gasteiger partial charge on any atom is -0.492 e. The van der Waals surface area contributed by atoms with Crippen molar-refractivity contribution in [2.24, 2.45) is 0 Å². The fourth-order valence-electron chi connectivity index (χ4n) is 2.33. The third-order valence-electron chi connectivity index (χ3n) is 3.62. The standard InChI is InChI=1S/C17H21F2N3O3/c1-10(8-14-11(2)22-25-12(14)3)21-17(23)20-6-7-24-13-4-5-15(18)16(19)9-13/h4-5,9-10H,6-8H2,1-3H3,(H2,20,21,23). The van der Waals surface area contributed by atoms with Crippen LogP contribution in [-0.4, -0.2) is 30.4 Å². The average molecular weight is 353 g/mol. The van der Waals surface area contributed by atoms with Crippen molar-refractivity contribution in [1.29, 1.82) is 0 Å². The number of halogens is 2. The SMILES string of the molecule is Cc1noc(C)c1CC(C)NC(=O)NCCOc1ccc(F)c(F)c1. The molecule has 6 nitrogen and oxygen atoms in total. The highest BCUT2D eigenvalue weighted by Crippen LogP contribution is 2.15.